The minimum absolute atomic E-state index is 0.00477. The number of nitrogen functional groups attached to an aromatic ring is 1. The molecule has 3 aromatic heterocycles. The van der Waals surface area contributed by atoms with Crippen molar-refractivity contribution in [1.29, 1.82) is 0 Å². The molecule has 0 saturated heterocycles. The number of aliphatic hydroxyl groups excluding tert-OH is 2. The molecule has 5 N–H and O–H groups in total. The number of carbonyl (C=O) groups is 1. The summed E-state index contributed by atoms with van der Waals surface area (Å²) in [5, 5.41) is 32.4. The van der Waals surface area contributed by atoms with Crippen LogP contribution in [-0.2, 0) is 26.3 Å². The normalized spacial score (nSPS) is 15.4. The number of hydrogen-bond donors (Lipinski definition) is 4. The number of aromatic nitrogens is 5. The van der Waals surface area contributed by atoms with E-state index in [1.807, 2.05) is 6.07 Å². The highest BCUT2D eigenvalue weighted by molar-refractivity contribution is 7.07. The number of halogens is 1. The molecule has 0 aliphatic carbocycles. The summed E-state index contributed by atoms with van der Waals surface area (Å²) in [5.41, 5.74) is 6.70. The zero-order valence-corrected chi connectivity index (χ0v) is 21.3. The number of rotatable bonds is 12. The molecular weight excluding hydrogens is 536 g/mol. The van der Waals surface area contributed by atoms with Crippen LogP contribution in [0.1, 0.15) is 17.5 Å². The highest BCUT2D eigenvalue weighted by Gasteiger charge is 2.44. The second kappa shape index (κ2) is 11.8. The SMILES string of the molecule is C#C[C@@H](O)[C@@H](O[C@@H](CO)CO[C@](Cc1ccccc1)(C(=O)O)c1cscn1)n1cnc2c(N)nc(Cl)nc21. The number of imidazole rings is 1. The molecule has 0 bridgehead atoms. The van der Waals surface area contributed by atoms with E-state index in [0.29, 0.717) is 5.56 Å². The summed E-state index contributed by atoms with van der Waals surface area (Å²) in [6, 6.07) is 8.93. The third-order valence-corrected chi connectivity index (χ3v) is 6.43. The molecule has 0 unspecified atom stereocenters. The van der Waals surface area contributed by atoms with E-state index in [4.69, 9.17) is 33.2 Å². The maximum atomic E-state index is 12.6. The summed E-state index contributed by atoms with van der Waals surface area (Å²) >= 11 is 7.16. The Morgan fingerprint density at radius 2 is 2.05 bits per heavy atom. The van der Waals surface area contributed by atoms with Crippen LogP contribution in [0.2, 0.25) is 5.28 Å². The van der Waals surface area contributed by atoms with Gasteiger partial charge in [0.05, 0.1) is 30.7 Å². The molecule has 0 saturated carbocycles. The van der Waals surface area contributed by atoms with Crippen LogP contribution in [0.15, 0.2) is 47.5 Å². The number of fused-ring (bicyclic) bond motifs is 1. The topological polar surface area (TPSA) is 179 Å². The second-order valence-corrected chi connectivity index (χ2v) is 9.18. The molecule has 0 spiro atoms. The minimum atomic E-state index is -1.88. The third-order valence-electron chi connectivity index (χ3n) is 5.67. The van der Waals surface area contributed by atoms with Gasteiger partial charge in [-0.2, -0.15) is 9.97 Å². The Kier molecular flexibility index (Phi) is 8.52. The molecule has 4 rings (SSSR count). The van der Waals surface area contributed by atoms with E-state index >= 15 is 0 Å². The number of thiazole rings is 1. The van der Waals surface area contributed by atoms with E-state index in [9.17, 15) is 20.1 Å². The predicted molar refractivity (Wildman–Crippen MR) is 138 cm³/mol. The molecule has 0 radical (unpaired) electrons. The lowest BCUT2D eigenvalue weighted by atomic mass is 9.91. The predicted octanol–water partition coefficient (Wildman–Crippen LogP) is 1.63. The number of aliphatic hydroxyl groups is 2. The van der Waals surface area contributed by atoms with Crippen molar-refractivity contribution in [3.63, 3.8) is 0 Å². The summed E-state index contributed by atoms with van der Waals surface area (Å²) in [7, 11) is 0. The number of carboxylic acid groups (broad SMARTS) is 1. The van der Waals surface area contributed by atoms with Crippen molar-refractivity contribution >= 4 is 45.9 Å². The standard InChI is InChI=1S/C24H23ClN6O6S/c1-2-16(33)21(31-12-27-18-19(26)29-23(25)30-20(18)31)37-15(9-32)10-36-24(22(34)35,17-11-38-13-28-17)8-14-6-4-3-5-7-14/h1,3-7,11-13,15-16,21,32-33H,8-10H2,(H,34,35)(H2,26,29,30)/t15-,16+,21+,24-/m0/s1. The lowest BCUT2D eigenvalue weighted by Gasteiger charge is -2.32. The van der Waals surface area contributed by atoms with Crippen molar-refractivity contribution < 1.29 is 29.6 Å². The Morgan fingerprint density at radius 1 is 1.29 bits per heavy atom. The highest BCUT2D eigenvalue weighted by Crippen LogP contribution is 2.32. The van der Waals surface area contributed by atoms with E-state index in [-0.39, 0.29) is 34.4 Å². The number of anilines is 1. The summed E-state index contributed by atoms with van der Waals surface area (Å²) < 4.78 is 13.2. The Hall–Kier alpha value is -3.64. The Labute approximate surface area is 225 Å². The molecule has 4 atom stereocenters. The molecule has 0 aliphatic heterocycles. The summed E-state index contributed by atoms with van der Waals surface area (Å²) in [6.07, 6.45) is 2.72. The van der Waals surface area contributed by atoms with E-state index in [2.05, 4.69) is 25.9 Å². The van der Waals surface area contributed by atoms with E-state index in [0.717, 1.165) is 0 Å². The van der Waals surface area contributed by atoms with Crippen molar-refractivity contribution in [2.24, 2.45) is 0 Å². The zero-order chi connectivity index (χ0) is 27.3. The van der Waals surface area contributed by atoms with Gasteiger partial charge in [-0.15, -0.1) is 17.8 Å². The van der Waals surface area contributed by atoms with Crippen LogP contribution in [0.4, 0.5) is 5.82 Å². The van der Waals surface area contributed by atoms with Gasteiger partial charge in [0.2, 0.25) is 10.9 Å². The fourth-order valence-corrected chi connectivity index (χ4v) is 4.58. The average Bonchev–Trinajstić information content (AvgIpc) is 3.59. The number of nitrogens with two attached hydrogens (primary N) is 1. The number of hydrogen-bond acceptors (Lipinski definition) is 11. The summed E-state index contributed by atoms with van der Waals surface area (Å²) in [4.78, 5) is 28.9. The molecule has 1 aromatic carbocycles. The molecule has 38 heavy (non-hydrogen) atoms. The van der Waals surface area contributed by atoms with Crippen LogP contribution in [0, 0.1) is 12.3 Å². The smallest absolute Gasteiger partial charge is 0.342 e. The first-order chi connectivity index (χ1) is 18.3. The molecule has 4 aromatic rings. The fourth-order valence-electron chi connectivity index (χ4n) is 3.80. The average molecular weight is 559 g/mol. The first-order valence-corrected chi connectivity index (χ1v) is 12.5. The molecular formula is C24H23ClN6O6S. The van der Waals surface area contributed by atoms with Crippen molar-refractivity contribution in [3.8, 4) is 12.3 Å². The molecule has 0 amide bonds. The van der Waals surface area contributed by atoms with Gasteiger partial charge in [-0.25, -0.2) is 14.8 Å². The summed E-state index contributed by atoms with van der Waals surface area (Å²) in [5.74, 6) is 0.905. The van der Waals surface area contributed by atoms with E-state index in [1.165, 1.54) is 27.7 Å². The third kappa shape index (κ3) is 5.60. The second-order valence-electron chi connectivity index (χ2n) is 8.12. The highest BCUT2D eigenvalue weighted by atomic mass is 35.5. The maximum Gasteiger partial charge on any atom is 0.342 e. The van der Waals surface area contributed by atoms with Gasteiger partial charge in [-0.05, 0) is 17.2 Å². The molecule has 0 aliphatic rings. The molecule has 3 heterocycles. The molecule has 198 valence electrons. The van der Waals surface area contributed by atoms with Crippen molar-refractivity contribution in [3.05, 3.63) is 64.1 Å². The van der Waals surface area contributed by atoms with Crippen LogP contribution in [0.5, 0.6) is 0 Å². The van der Waals surface area contributed by atoms with Crippen LogP contribution in [0.3, 0.4) is 0 Å². The van der Waals surface area contributed by atoms with Crippen LogP contribution < -0.4 is 5.73 Å². The minimum Gasteiger partial charge on any atom is -0.479 e. The number of ether oxygens (including phenoxy) is 2. The van der Waals surface area contributed by atoms with E-state index in [1.54, 1.807) is 29.6 Å². The van der Waals surface area contributed by atoms with Crippen molar-refractivity contribution in [2.75, 3.05) is 18.9 Å². The van der Waals surface area contributed by atoms with Gasteiger partial charge in [0.25, 0.3) is 0 Å². The van der Waals surface area contributed by atoms with Crippen LogP contribution in [-0.4, -0.2) is 71.2 Å². The Morgan fingerprint density at radius 3 is 2.68 bits per heavy atom. The Balaban J connectivity index is 1.63. The van der Waals surface area contributed by atoms with Gasteiger partial charge >= 0.3 is 5.97 Å². The lowest BCUT2D eigenvalue weighted by molar-refractivity contribution is -0.185. The van der Waals surface area contributed by atoms with Crippen LogP contribution in [0.25, 0.3) is 11.2 Å². The first-order valence-electron chi connectivity index (χ1n) is 11.1. The lowest BCUT2D eigenvalue weighted by Crippen LogP contribution is -2.44. The fraction of sp³-hybridized carbons (Fsp3) is 0.292. The van der Waals surface area contributed by atoms with Gasteiger partial charge in [-0.1, -0.05) is 36.3 Å². The quantitative estimate of drug-likeness (QED) is 0.147. The van der Waals surface area contributed by atoms with Gasteiger partial charge < -0.3 is 30.5 Å². The molecule has 14 heteroatoms. The number of benzene rings is 1. The largest absolute Gasteiger partial charge is 0.479 e. The maximum absolute atomic E-state index is 12.6. The van der Waals surface area contributed by atoms with E-state index < -0.39 is 43.2 Å². The number of aliphatic carboxylic acids is 1. The van der Waals surface area contributed by atoms with Crippen molar-refractivity contribution in [2.45, 2.75) is 30.5 Å². The number of terminal acetylenes is 1. The number of nitrogens with zero attached hydrogens (tertiary/aromatic N) is 5. The number of carboxylic acids is 1. The van der Waals surface area contributed by atoms with Gasteiger partial charge in [0.15, 0.2) is 23.8 Å². The molecule has 0 fully saturated rings. The summed E-state index contributed by atoms with van der Waals surface area (Å²) in [6.45, 7) is -0.998. The van der Waals surface area contributed by atoms with Gasteiger partial charge in [0.1, 0.15) is 11.6 Å². The monoisotopic (exact) mass is 558 g/mol. The zero-order valence-electron chi connectivity index (χ0n) is 19.7. The molecule has 12 nitrogen and oxygen atoms in total. The Bertz CT molecular complexity index is 1430. The van der Waals surface area contributed by atoms with Gasteiger partial charge in [0, 0.05) is 11.8 Å². The van der Waals surface area contributed by atoms with Crippen LogP contribution >= 0.6 is 22.9 Å². The van der Waals surface area contributed by atoms with Gasteiger partial charge in [-0.3, -0.25) is 4.57 Å². The van der Waals surface area contributed by atoms with Crippen molar-refractivity contribution in [1.82, 2.24) is 24.5 Å². The first kappa shape index (κ1) is 27.4.